The third-order valence-corrected chi connectivity index (χ3v) is 3.91. The molecule has 0 atom stereocenters. The minimum Gasteiger partial charge on any atom is -0.324 e. The summed E-state index contributed by atoms with van der Waals surface area (Å²) < 4.78 is 0. The van der Waals surface area contributed by atoms with E-state index in [-0.39, 0.29) is 12.5 Å². The fourth-order valence-electron chi connectivity index (χ4n) is 2.05. The molecule has 0 heterocycles. The van der Waals surface area contributed by atoms with Gasteiger partial charge in [0.1, 0.15) is 6.54 Å². The number of hydrogen-bond acceptors (Lipinski definition) is 3. The summed E-state index contributed by atoms with van der Waals surface area (Å²) in [7, 11) is 0. The van der Waals surface area contributed by atoms with Gasteiger partial charge in [0.15, 0.2) is 0 Å². The second-order valence-corrected chi connectivity index (χ2v) is 5.76. The SMILES string of the molecule is CC(=O)N(CC(=O)Nc1cccc(C#N)c1)c1ccc(Cl)c(Cl)c1. The first-order valence-corrected chi connectivity index (χ1v) is 7.69. The van der Waals surface area contributed by atoms with E-state index >= 15 is 0 Å². The lowest BCUT2D eigenvalue weighted by atomic mass is 10.2. The van der Waals surface area contributed by atoms with Crippen molar-refractivity contribution in [1.82, 2.24) is 0 Å². The summed E-state index contributed by atoms with van der Waals surface area (Å²) in [5.74, 6) is -0.708. The molecular formula is C17H13Cl2N3O2. The van der Waals surface area contributed by atoms with E-state index in [4.69, 9.17) is 28.5 Å². The quantitative estimate of drug-likeness (QED) is 0.898. The molecule has 1 N–H and O–H groups in total. The van der Waals surface area contributed by atoms with E-state index < -0.39 is 5.91 Å². The van der Waals surface area contributed by atoms with Crippen LogP contribution < -0.4 is 10.2 Å². The van der Waals surface area contributed by atoms with Crippen molar-refractivity contribution in [2.45, 2.75) is 6.92 Å². The molecule has 0 saturated heterocycles. The molecule has 0 radical (unpaired) electrons. The molecule has 0 aliphatic carbocycles. The van der Waals surface area contributed by atoms with E-state index in [1.165, 1.54) is 17.9 Å². The molecule has 2 rings (SSSR count). The van der Waals surface area contributed by atoms with Crippen molar-refractivity contribution in [3.8, 4) is 6.07 Å². The van der Waals surface area contributed by atoms with Gasteiger partial charge < -0.3 is 10.2 Å². The van der Waals surface area contributed by atoms with Crippen LogP contribution in [-0.2, 0) is 9.59 Å². The van der Waals surface area contributed by atoms with Crippen molar-refractivity contribution in [1.29, 1.82) is 5.26 Å². The Morgan fingerprint density at radius 3 is 2.54 bits per heavy atom. The van der Waals surface area contributed by atoms with E-state index in [1.807, 2.05) is 6.07 Å². The highest BCUT2D eigenvalue weighted by Crippen LogP contribution is 2.27. The molecule has 2 amide bonds. The van der Waals surface area contributed by atoms with E-state index in [1.54, 1.807) is 36.4 Å². The van der Waals surface area contributed by atoms with E-state index in [0.29, 0.717) is 27.0 Å². The molecule has 0 aliphatic rings. The minimum absolute atomic E-state index is 0.190. The number of halogens is 2. The van der Waals surface area contributed by atoms with Crippen molar-refractivity contribution in [2.75, 3.05) is 16.8 Å². The molecule has 24 heavy (non-hydrogen) atoms. The fraction of sp³-hybridized carbons (Fsp3) is 0.118. The van der Waals surface area contributed by atoms with Crippen LogP contribution in [-0.4, -0.2) is 18.4 Å². The molecule has 0 fully saturated rings. The zero-order chi connectivity index (χ0) is 17.7. The lowest BCUT2D eigenvalue weighted by Crippen LogP contribution is -2.36. The van der Waals surface area contributed by atoms with Gasteiger partial charge in [-0.25, -0.2) is 0 Å². The highest BCUT2D eigenvalue weighted by Gasteiger charge is 2.17. The number of benzene rings is 2. The number of carbonyl (C=O) groups excluding carboxylic acids is 2. The van der Waals surface area contributed by atoms with E-state index in [2.05, 4.69) is 5.32 Å². The van der Waals surface area contributed by atoms with Crippen LogP contribution in [0, 0.1) is 11.3 Å². The first-order chi connectivity index (χ1) is 11.4. The first-order valence-electron chi connectivity index (χ1n) is 6.94. The number of nitriles is 1. The Kier molecular flexibility index (Phi) is 5.80. The summed E-state index contributed by atoms with van der Waals surface area (Å²) >= 11 is 11.8. The van der Waals surface area contributed by atoms with Gasteiger partial charge in [-0.15, -0.1) is 0 Å². The lowest BCUT2D eigenvalue weighted by molar-refractivity contribution is -0.120. The predicted molar refractivity (Wildman–Crippen MR) is 94.3 cm³/mol. The number of nitrogens with one attached hydrogen (secondary N) is 1. The average molecular weight is 362 g/mol. The largest absolute Gasteiger partial charge is 0.324 e. The number of carbonyl (C=O) groups is 2. The summed E-state index contributed by atoms with van der Waals surface area (Å²) in [6.07, 6.45) is 0. The monoisotopic (exact) mass is 361 g/mol. The van der Waals surface area contributed by atoms with Gasteiger partial charge in [-0.05, 0) is 36.4 Å². The molecule has 2 aromatic carbocycles. The third-order valence-electron chi connectivity index (χ3n) is 3.17. The van der Waals surface area contributed by atoms with Gasteiger partial charge in [-0.2, -0.15) is 5.26 Å². The first kappa shape index (κ1) is 17.8. The molecule has 7 heteroatoms. The number of anilines is 2. The molecule has 122 valence electrons. The molecule has 0 spiro atoms. The number of rotatable bonds is 4. The molecule has 0 aromatic heterocycles. The van der Waals surface area contributed by atoms with Crippen LogP contribution in [0.2, 0.25) is 10.0 Å². The fourth-order valence-corrected chi connectivity index (χ4v) is 2.34. The Morgan fingerprint density at radius 1 is 1.17 bits per heavy atom. The van der Waals surface area contributed by atoms with Crippen molar-refractivity contribution in [2.24, 2.45) is 0 Å². The normalized spacial score (nSPS) is 9.92. The van der Waals surface area contributed by atoms with Crippen LogP contribution in [0.3, 0.4) is 0 Å². The van der Waals surface area contributed by atoms with Gasteiger partial charge >= 0.3 is 0 Å². The van der Waals surface area contributed by atoms with Crippen LogP contribution in [0.15, 0.2) is 42.5 Å². The Bertz CT molecular complexity index is 831. The van der Waals surface area contributed by atoms with Crippen LogP contribution in [0.1, 0.15) is 12.5 Å². The maximum Gasteiger partial charge on any atom is 0.244 e. The molecule has 2 aromatic rings. The Hall–Kier alpha value is -2.55. The second-order valence-electron chi connectivity index (χ2n) is 4.94. The van der Waals surface area contributed by atoms with E-state index in [9.17, 15) is 9.59 Å². The average Bonchev–Trinajstić information content (AvgIpc) is 2.55. The maximum atomic E-state index is 12.2. The van der Waals surface area contributed by atoms with Crippen molar-refractivity contribution < 1.29 is 9.59 Å². The van der Waals surface area contributed by atoms with Gasteiger partial charge in [0.25, 0.3) is 0 Å². The summed E-state index contributed by atoms with van der Waals surface area (Å²) in [6, 6.07) is 13.2. The summed E-state index contributed by atoms with van der Waals surface area (Å²) in [5, 5.41) is 12.2. The summed E-state index contributed by atoms with van der Waals surface area (Å²) in [6.45, 7) is 1.16. The predicted octanol–water partition coefficient (Wildman–Crippen LogP) is 3.86. The van der Waals surface area contributed by atoms with E-state index in [0.717, 1.165) is 0 Å². The zero-order valence-corrected chi connectivity index (χ0v) is 14.2. The molecule has 5 nitrogen and oxygen atoms in total. The standard InChI is InChI=1S/C17H13Cl2N3O2/c1-11(23)22(14-5-6-15(18)16(19)8-14)10-17(24)21-13-4-2-3-12(7-13)9-20/h2-8H,10H2,1H3,(H,21,24). The zero-order valence-electron chi connectivity index (χ0n) is 12.7. The van der Waals surface area contributed by atoms with Gasteiger partial charge in [0, 0.05) is 18.3 Å². The van der Waals surface area contributed by atoms with Crippen molar-refractivity contribution in [3.63, 3.8) is 0 Å². The highest BCUT2D eigenvalue weighted by molar-refractivity contribution is 6.42. The van der Waals surface area contributed by atoms with Crippen molar-refractivity contribution in [3.05, 3.63) is 58.1 Å². The maximum absolute atomic E-state index is 12.2. The third kappa shape index (κ3) is 4.48. The number of hydrogen-bond donors (Lipinski definition) is 1. The Balaban J connectivity index is 2.15. The summed E-state index contributed by atoms with van der Waals surface area (Å²) in [5.41, 5.74) is 1.38. The van der Waals surface area contributed by atoms with Gasteiger partial charge in [-0.1, -0.05) is 29.3 Å². The van der Waals surface area contributed by atoms with Gasteiger partial charge in [-0.3, -0.25) is 9.59 Å². The smallest absolute Gasteiger partial charge is 0.244 e. The highest BCUT2D eigenvalue weighted by atomic mass is 35.5. The lowest BCUT2D eigenvalue weighted by Gasteiger charge is -2.21. The number of nitrogens with zero attached hydrogens (tertiary/aromatic N) is 2. The second kappa shape index (κ2) is 7.82. The van der Waals surface area contributed by atoms with Crippen LogP contribution in [0.5, 0.6) is 0 Å². The Labute approximate surface area is 149 Å². The number of amides is 2. The Morgan fingerprint density at radius 2 is 1.92 bits per heavy atom. The molecule has 0 saturated carbocycles. The van der Waals surface area contributed by atoms with Gasteiger partial charge in [0.2, 0.25) is 11.8 Å². The van der Waals surface area contributed by atoms with Crippen LogP contribution in [0.25, 0.3) is 0 Å². The van der Waals surface area contributed by atoms with Gasteiger partial charge in [0.05, 0.1) is 21.7 Å². The molecular weight excluding hydrogens is 349 g/mol. The van der Waals surface area contributed by atoms with Crippen molar-refractivity contribution >= 4 is 46.4 Å². The minimum atomic E-state index is -0.397. The summed E-state index contributed by atoms with van der Waals surface area (Å²) in [4.78, 5) is 25.3. The molecule has 0 bridgehead atoms. The molecule has 0 unspecified atom stereocenters. The molecule has 0 aliphatic heterocycles. The van der Waals surface area contributed by atoms with Crippen LogP contribution in [0.4, 0.5) is 11.4 Å². The van der Waals surface area contributed by atoms with Crippen LogP contribution >= 0.6 is 23.2 Å². The topological polar surface area (TPSA) is 73.2 Å².